The summed E-state index contributed by atoms with van der Waals surface area (Å²) in [4.78, 5) is 1.47. The van der Waals surface area contributed by atoms with Crippen molar-refractivity contribution >= 4 is 30.2 Å². The molecular formula is C68H115ClN3O5P. The maximum Gasteiger partial charge on any atom is 0.335 e. The molecule has 0 fully saturated rings. The summed E-state index contributed by atoms with van der Waals surface area (Å²) in [5.41, 5.74) is 6.01. The first kappa shape index (κ1) is 69.4. The van der Waals surface area contributed by atoms with E-state index >= 15 is 0 Å². The number of unbranched alkanes of at least 4 members (excludes halogenated alkanes) is 30. The molecule has 1 aromatic heterocycles. The van der Waals surface area contributed by atoms with Crippen molar-refractivity contribution in [2.45, 2.75) is 311 Å². The predicted molar refractivity (Wildman–Crippen MR) is 337 cm³/mol. The highest BCUT2D eigenvalue weighted by Crippen LogP contribution is 2.53. The number of nitrogens with zero attached hydrogens (tertiary/aromatic N) is 3. The van der Waals surface area contributed by atoms with Gasteiger partial charge in [-0.15, -0.1) is 15.0 Å². The van der Waals surface area contributed by atoms with Gasteiger partial charge in [-0.05, 0) is 82.5 Å². The lowest BCUT2D eigenvalue weighted by Gasteiger charge is -2.29. The van der Waals surface area contributed by atoms with Crippen molar-refractivity contribution in [3.8, 4) is 17.2 Å². The van der Waals surface area contributed by atoms with Crippen molar-refractivity contribution in [1.82, 2.24) is 15.0 Å². The molecule has 444 valence electrons. The Morgan fingerprint density at radius 2 is 0.795 bits per heavy atom. The Kier molecular flexibility index (Phi) is 33.1. The molecule has 1 heterocycles. The first-order chi connectivity index (χ1) is 37.1. The minimum Gasteiger partial charge on any atom is -0.507 e. The van der Waals surface area contributed by atoms with Crippen molar-refractivity contribution in [2.24, 2.45) is 0 Å². The van der Waals surface area contributed by atoms with Gasteiger partial charge in [0.2, 0.25) is 0 Å². The molecule has 0 aliphatic heterocycles. The fourth-order valence-corrected chi connectivity index (χ4v) is 12.3. The van der Waals surface area contributed by atoms with E-state index in [-0.39, 0.29) is 28.2 Å². The van der Waals surface area contributed by atoms with E-state index in [1.54, 1.807) is 12.1 Å². The van der Waals surface area contributed by atoms with Gasteiger partial charge in [0.1, 0.15) is 28.2 Å². The van der Waals surface area contributed by atoms with Gasteiger partial charge in [-0.25, -0.2) is 0 Å². The summed E-state index contributed by atoms with van der Waals surface area (Å²) in [6, 6.07) is 13.3. The van der Waals surface area contributed by atoms with Crippen LogP contribution in [0.3, 0.4) is 0 Å². The van der Waals surface area contributed by atoms with E-state index in [0.29, 0.717) is 35.2 Å². The van der Waals surface area contributed by atoms with Crippen LogP contribution in [0.4, 0.5) is 0 Å². The minimum atomic E-state index is -3.36. The Morgan fingerprint density at radius 1 is 0.462 bits per heavy atom. The van der Waals surface area contributed by atoms with Gasteiger partial charge < -0.3 is 19.3 Å². The monoisotopic (exact) mass is 1120 g/mol. The van der Waals surface area contributed by atoms with Crippen LogP contribution in [0.5, 0.6) is 11.5 Å². The maximum absolute atomic E-state index is 14.4. The van der Waals surface area contributed by atoms with E-state index in [1.807, 2.05) is 37.3 Å². The molecule has 0 atom stereocenters. The highest BCUT2D eigenvalue weighted by Gasteiger charge is 2.31. The minimum absolute atomic E-state index is 0.166. The lowest BCUT2D eigenvalue weighted by atomic mass is 9.78. The van der Waals surface area contributed by atoms with Crippen LogP contribution in [-0.2, 0) is 36.0 Å². The standard InChI is InChI=1S/C51H97O4P.C17H18ClN3O/c1-9-11-13-15-17-19-21-23-25-27-29-31-33-35-37-39-41-54-56(53,45-46-43-47(50(3,4)5)49(52)48(44-46)51(6,7)8)55-42-40-38-36-34-32-30-28-26-24-22-20-18-16-14-12-10-2;1-10-7-12(17(2,3)4)16(22)15(8-10)21-19-13-6-5-11(18)9-14(13)20-21/h43-44,52H,9-42,45H2,1-8H3;5-9,22H,1-4H3. The quantitative estimate of drug-likeness (QED) is 0.0339. The maximum atomic E-state index is 14.4. The number of hydrogen-bond acceptors (Lipinski definition) is 7. The summed E-state index contributed by atoms with van der Waals surface area (Å²) in [6.07, 6.45) is 42.8. The lowest BCUT2D eigenvalue weighted by Crippen LogP contribution is -2.18. The highest BCUT2D eigenvalue weighted by molar-refractivity contribution is 7.53. The number of phenols is 2. The summed E-state index contributed by atoms with van der Waals surface area (Å²) in [6.45, 7) is 26.5. The number of rotatable bonds is 39. The van der Waals surface area contributed by atoms with E-state index in [0.717, 1.165) is 59.0 Å². The zero-order valence-corrected chi connectivity index (χ0v) is 53.7. The Labute approximate surface area is 483 Å². The number of hydrogen-bond donors (Lipinski definition) is 2. The number of benzene rings is 3. The molecular weight excluding hydrogens is 1010 g/mol. The van der Waals surface area contributed by atoms with Crippen LogP contribution < -0.4 is 0 Å². The van der Waals surface area contributed by atoms with Gasteiger partial charge in [0, 0.05) is 10.6 Å². The Morgan fingerprint density at radius 3 is 1.15 bits per heavy atom. The fourth-order valence-electron chi connectivity index (χ4n) is 10.5. The first-order valence-electron chi connectivity index (χ1n) is 31.7. The molecule has 0 saturated heterocycles. The predicted octanol–water partition coefficient (Wildman–Crippen LogP) is 22.6. The van der Waals surface area contributed by atoms with E-state index in [2.05, 4.69) is 86.4 Å². The van der Waals surface area contributed by atoms with E-state index in [1.165, 1.54) is 185 Å². The molecule has 0 aliphatic rings. The topological polar surface area (TPSA) is 107 Å². The van der Waals surface area contributed by atoms with E-state index in [4.69, 9.17) is 20.6 Å². The molecule has 8 nitrogen and oxygen atoms in total. The largest absolute Gasteiger partial charge is 0.507 e. The number of halogens is 1. The van der Waals surface area contributed by atoms with Crippen LogP contribution in [0.15, 0.2) is 42.5 Å². The molecule has 0 radical (unpaired) electrons. The summed E-state index contributed by atoms with van der Waals surface area (Å²) < 4.78 is 26.9. The first-order valence-corrected chi connectivity index (χ1v) is 33.8. The van der Waals surface area contributed by atoms with Crippen LogP contribution in [0.2, 0.25) is 5.02 Å². The third-order valence-electron chi connectivity index (χ3n) is 15.3. The molecule has 0 aliphatic carbocycles. The molecule has 0 amide bonds. The van der Waals surface area contributed by atoms with Crippen molar-refractivity contribution in [3.05, 3.63) is 75.3 Å². The molecule has 4 aromatic rings. The van der Waals surface area contributed by atoms with Gasteiger partial charge in [0.05, 0.1) is 19.4 Å². The fraction of sp³-hybridized carbons (Fsp3) is 0.735. The molecule has 4 rings (SSSR count). The molecule has 0 saturated carbocycles. The zero-order chi connectivity index (χ0) is 57.5. The van der Waals surface area contributed by atoms with Gasteiger partial charge in [-0.2, -0.15) is 0 Å². The van der Waals surface area contributed by atoms with Gasteiger partial charge >= 0.3 is 7.60 Å². The molecule has 0 spiro atoms. The number of phenolic OH excluding ortho intramolecular Hbond substituents is 2. The third kappa shape index (κ3) is 27.7. The van der Waals surface area contributed by atoms with Gasteiger partial charge in [0.15, 0.2) is 0 Å². The van der Waals surface area contributed by atoms with Crippen molar-refractivity contribution in [3.63, 3.8) is 0 Å². The third-order valence-corrected chi connectivity index (χ3v) is 17.5. The van der Waals surface area contributed by atoms with Crippen LogP contribution in [0.25, 0.3) is 16.7 Å². The van der Waals surface area contributed by atoms with Gasteiger partial charge in [0.25, 0.3) is 0 Å². The van der Waals surface area contributed by atoms with Gasteiger partial charge in [-0.3, -0.25) is 4.57 Å². The molecule has 3 aromatic carbocycles. The normalized spacial score (nSPS) is 12.4. The smallest absolute Gasteiger partial charge is 0.335 e. The average Bonchev–Trinajstić information content (AvgIpc) is 3.80. The second-order valence-electron chi connectivity index (χ2n) is 26.1. The van der Waals surface area contributed by atoms with E-state index < -0.39 is 7.60 Å². The van der Waals surface area contributed by atoms with Crippen molar-refractivity contribution in [2.75, 3.05) is 13.2 Å². The molecule has 2 N–H and O–H groups in total. The molecule has 78 heavy (non-hydrogen) atoms. The van der Waals surface area contributed by atoms with Crippen molar-refractivity contribution < 1.29 is 23.8 Å². The molecule has 10 heteroatoms. The average molecular weight is 1120 g/mol. The molecule has 0 unspecified atom stereocenters. The number of aromatic nitrogens is 3. The summed E-state index contributed by atoms with van der Waals surface area (Å²) in [5, 5.41) is 31.4. The highest BCUT2D eigenvalue weighted by atomic mass is 35.5. The van der Waals surface area contributed by atoms with Crippen LogP contribution in [-0.4, -0.2) is 38.4 Å². The van der Waals surface area contributed by atoms with E-state index in [9.17, 15) is 14.8 Å². The number of aromatic hydroxyl groups is 2. The summed E-state index contributed by atoms with van der Waals surface area (Å²) >= 11 is 5.99. The second-order valence-corrected chi connectivity index (χ2v) is 28.6. The summed E-state index contributed by atoms with van der Waals surface area (Å²) in [7, 11) is -3.36. The Bertz CT molecular complexity index is 2210. The van der Waals surface area contributed by atoms with Crippen LogP contribution in [0.1, 0.15) is 309 Å². The summed E-state index contributed by atoms with van der Waals surface area (Å²) in [5.74, 6) is 0.566. The zero-order valence-electron chi connectivity index (χ0n) is 52.1. The SMILES string of the molecule is CCCCCCCCCCCCCCCCCCOP(=O)(Cc1cc(C(C)(C)C)c(O)c(C(C)(C)C)c1)OCCCCCCCCCCCCCCCCCC.Cc1cc(-n2nc3ccc(Cl)cc3n2)c(O)c(C(C)(C)C)c1. The number of aryl methyl sites for hydroxylation is 1. The van der Waals surface area contributed by atoms with Crippen LogP contribution in [0, 0.1) is 6.92 Å². The Balaban J connectivity index is 0.000000595. The number of fused-ring (bicyclic) bond motifs is 1. The lowest BCUT2D eigenvalue weighted by molar-refractivity contribution is 0.196. The Hall–Kier alpha value is -2.90. The van der Waals surface area contributed by atoms with Gasteiger partial charge in [-0.1, -0.05) is 299 Å². The van der Waals surface area contributed by atoms with Crippen molar-refractivity contribution in [1.29, 1.82) is 0 Å². The second kappa shape index (κ2) is 37.3. The van der Waals surface area contributed by atoms with Crippen LogP contribution >= 0.6 is 19.2 Å². The molecule has 0 bridgehead atoms.